The number of aromatic nitrogens is 2. The molecule has 3 aromatic rings. The van der Waals surface area contributed by atoms with E-state index in [-0.39, 0.29) is 5.91 Å². The Bertz CT molecular complexity index is 776. The van der Waals surface area contributed by atoms with Gasteiger partial charge in [-0.15, -0.1) is 0 Å². The normalized spacial score (nSPS) is 10.9. The zero-order valence-electron chi connectivity index (χ0n) is 11.0. The van der Waals surface area contributed by atoms with E-state index in [4.69, 9.17) is 4.42 Å². The minimum Gasteiger partial charge on any atom is -0.465 e. The Kier molecular flexibility index (Phi) is 3.60. The van der Waals surface area contributed by atoms with Gasteiger partial charge >= 0.3 is 0 Å². The van der Waals surface area contributed by atoms with E-state index in [1.807, 2.05) is 24.3 Å². The molecule has 0 fully saturated rings. The Morgan fingerprint density at radius 1 is 1.14 bits per heavy atom. The van der Waals surface area contributed by atoms with Gasteiger partial charge in [-0.3, -0.25) is 15.6 Å². The summed E-state index contributed by atoms with van der Waals surface area (Å²) in [5, 5.41) is 0.829. The number of carbonyl (C=O) groups is 1. The van der Waals surface area contributed by atoms with Crippen LogP contribution in [0.15, 0.2) is 59.5 Å². The number of furan rings is 1. The lowest BCUT2D eigenvalue weighted by atomic mass is 10.2. The second-order valence-electron chi connectivity index (χ2n) is 4.20. The molecule has 0 saturated heterocycles. The zero-order chi connectivity index (χ0) is 14.5. The van der Waals surface area contributed by atoms with Gasteiger partial charge in [-0.25, -0.2) is 9.97 Å². The van der Waals surface area contributed by atoms with E-state index in [2.05, 4.69) is 20.8 Å². The maximum atomic E-state index is 11.7. The summed E-state index contributed by atoms with van der Waals surface area (Å²) >= 11 is 0. The van der Waals surface area contributed by atoms with Crippen LogP contribution in [0.4, 0.5) is 5.82 Å². The summed E-state index contributed by atoms with van der Waals surface area (Å²) in [5.41, 5.74) is 6.13. The Morgan fingerprint density at radius 2 is 2.05 bits per heavy atom. The average Bonchev–Trinajstić information content (AvgIpc) is 3.04. The van der Waals surface area contributed by atoms with E-state index >= 15 is 0 Å². The second kappa shape index (κ2) is 5.87. The van der Waals surface area contributed by atoms with Crippen molar-refractivity contribution in [3.63, 3.8) is 0 Å². The third-order valence-electron chi connectivity index (χ3n) is 2.79. The first-order chi connectivity index (χ1) is 10.3. The predicted molar refractivity (Wildman–Crippen MR) is 79.0 cm³/mol. The number of hydrazine groups is 1. The summed E-state index contributed by atoms with van der Waals surface area (Å²) < 4.78 is 5.10. The fourth-order valence-corrected chi connectivity index (χ4v) is 1.81. The highest BCUT2D eigenvalue weighted by molar-refractivity contribution is 5.94. The van der Waals surface area contributed by atoms with Crippen molar-refractivity contribution in [1.82, 2.24) is 15.4 Å². The lowest BCUT2D eigenvalue weighted by molar-refractivity contribution is -0.116. The minimum absolute atomic E-state index is 0.311. The van der Waals surface area contributed by atoms with Gasteiger partial charge in [-0.1, -0.05) is 12.1 Å². The quantitative estimate of drug-likeness (QED) is 0.566. The number of anilines is 1. The highest BCUT2D eigenvalue weighted by Gasteiger charge is 2.03. The highest BCUT2D eigenvalue weighted by Crippen LogP contribution is 2.17. The molecule has 0 bridgehead atoms. The molecule has 104 valence electrons. The van der Waals surface area contributed by atoms with Crippen molar-refractivity contribution in [2.75, 3.05) is 5.43 Å². The summed E-state index contributed by atoms with van der Waals surface area (Å²) in [6.45, 7) is 0. The van der Waals surface area contributed by atoms with Crippen molar-refractivity contribution in [3.05, 3.63) is 60.8 Å². The Labute approximate surface area is 120 Å². The van der Waals surface area contributed by atoms with E-state index in [0.29, 0.717) is 11.6 Å². The fraction of sp³-hybridized carbons (Fsp3) is 0. The number of para-hydroxylation sites is 1. The number of nitrogens with zero attached hydrogens (tertiary/aromatic N) is 2. The number of hydrogen-bond donors (Lipinski definition) is 2. The molecule has 0 saturated carbocycles. The number of hydrogen-bond acceptors (Lipinski definition) is 5. The molecule has 6 nitrogen and oxygen atoms in total. The number of benzene rings is 1. The van der Waals surface area contributed by atoms with Gasteiger partial charge in [0.1, 0.15) is 12.1 Å². The van der Waals surface area contributed by atoms with Crippen LogP contribution in [0, 0.1) is 0 Å². The van der Waals surface area contributed by atoms with Gasteiger partial charge in [-0.2, -0.15) is 0 Å². The van der Waals surface area contributed by atoms with E-state index in [9.17, 15) is 4.79 Å². The molecule has 0 radical (unpaired) electrons. The molecule has 3 rings (SSSR count). The zero-order valence-corrected chi connectivity index (χ0v) is 11.0. The second-order valence-corrected chi connectivity index (χ2v) is 4.20. The van der Waals surface area contributed by atoms with Crippen LogP contribution in [0.3, 0.4) is 0 Å². The molecule has 1 amide bonds. The van der Waals surface area contributed by atoms with Gasteiger partial charge < -0.3 is 4.42 Å². The third kappa shape index (κ3) is 3.06. The van der Waals surface area contributed by atoms with Crippen LogP contribution in [-0.2, 0) is 4.79 Å². The van der Waals surface area contributed by atoms with Crippen LogP contribution in [-0.4, -0.2) is 15.9 Å². The predicted octanol–water partition coefficient (Wildman–Crippen LogP) is 2.38. The van der Waals surface area contributed by atoms with Crippen LogP contribution in [0.25, 0.3) is 17.0 Å². The summed E-state index contributed by atoms with van der Waals surface area (Å²) in [6.07, 6.45) is 5.93. The van der Waals surface area contributed by atoms with Gasteiger partial charge in [0.15, 0.2) is 5.82 Å². The highest BCUT2D eigenvalue weighted by atomic mass is 16.3. The topological polar surface area (TPSA) is 80.0 Å². The molecule has 6 heteroatoms. The van der Waals surface area contributed by atoms with E-state index in [1.54, 1.807) is 24.5 Å². The van der Waals surface area contributed by atoms with Crippen LogP contribution in [0.5, 0.6) is 0 Å². The van der Waals surface area contributed by atoms with Crippen LogP contribution in [0.2, 0.25) is 0 Å². The summed E-state index contributed by atoms with van der Waals surface area (Å²) in [5.74, 6) is 0.840. The smallest absolute Gasteiger partial charge is 0.262 e. The SMILES string of the molecule is O=C(/C=C/c1ccco1)NNc1ncnc2ccccc12. The molecule has 2 N–H and O–H groups in total. The Hall–Kier alpha value is -3.15. The molecule has 0 aliphatic rings. The van der Waals surface area contributed by atoms with Crippen molar-refractivity contribution in [3.8, 4) is 0 Å². The first-order valence-corrected chi connectivity index (χ1v) is 6.30. The lowest BCUT2D eigenvalue weighted by Gasteiger charge is -2.07. The fourth-order valence-electron chi connectivity index (χ4n) is 1.81. The van der Waals surface area contributed by atoms with Crippen molar-refractivity contribution in [2.24, 2.45) is 0 Å². The standard InChI is InChI=1S/C15H12N4O2/c20-14(8-7-11-4-3-9-21-11)18-19-15-12-5-1-2-6-13(12)16-10-17-15/h1-10H,(H,18,20)(H,16,17,19)/b8-7+. The summed E-state index contributed by atoms with van der Waals surface area (Å²) in [4.78, 5) is 20.0. The van der Waals surface area contributed by atoms with E-state index in [0.717, 1.165) is 10.9 Å². The molecule has 2 heterocycles. The number of fused-ring (bicyclic) bond motifs is 1. The monoisotopic (exact) mass is 280 g/mol. The molecule has 0 spiro atoms. The average molecular weight is 280 g/mol. The van der Waals surface area contributed by atoms with Gasteiger partial charge in [0.25, 0.3) is 5.91 Å². The molecule has 2 aromatic heterocycles. The van der Waals surface area contributed by atoms with Crippen LogP contribution >= 0.6 is 0 Å². The van der Waals surface area contributed by atoms with E-state index in [1.165, 1.54) is 12.4 Å². The summed E-state index contributed by atoms with van der Waals surface area (Å²) in [7, 11) is 0. The molecule has 1 aromatic carbocycles. The van der Waals surface area contributed by atoms with Crippen molar-refractivity contribution in [2.45, 2.75) is 0 Å². The molecular weight excluding hydrogens is 268 g/mol. The number of nitrogens with one attached hydrogen (secondary N) is 2. The first kappa shape index (κ1) is 12.9. The van der Waals surface area contributed by atoms with Gasteiger partial charge in [0.2, 0.25) is 0 Å². The van der Waals surface area contributed by atoms with Gasteiger partial charge in [-0.05, 0) is 30.3 Å². The number of amides is 1. The lowest BCUT2D eigenvalue weighted by Crippen LogP contribution is -2.28. The molecule has 0 aliphatic carbocycles. The molecular formula is C15H12N4O2. The number of carbonyl (C=O) groups excluding carboxylic acids is 1. The van der Waals surface area contributed by atoms with Crippen LogP contribution < -0.4 is 10.9 Å². The molecule has 0 atom stereocenters. The van der Waals surface area contributed by atoms with Crippen molar-refractivity contribution < 1.29 is 9.21 Å². The van der Waals surface area contributed by atoms with Crippen LogP contribution in [0.1, 0.15) is 5.76 Å². The van der Waals surface area contributed by atoms with Gasteiger partial charge in [0, 0.05) is 11.5 Å². The number of rotatable bonds is 4. The molecule has 0 unspecified atom stereocenters. The Balaban J connectivity index is 1.68. The van der Waals surface area contributed by atoms with Crippen molar-refractivity contribution in [1.29, 1.82) is 0 Å². The maximum Gasteiger partial charge on any atom is 0.262 e. The third-order valence-corrected chi connectivity index (χ3v) is 2.79. The summed E-state index contributed by atoms with van der Waals surface area (Å²) in [6, 6.07) is 11.0. The maximum absolute atomic E-state index is 11.7. The van der Waals surface area contributed by atoms with E-state index < -0.39 is 0 Å². The Morgan fingerprint density at radius 3 is 2.90 bits per heavy atom. The molecule has 0 aliphatic heterocycles. The molecule has 21 heavy (non-hydrogen) atoms. The van der Waals surface area contributed by atoms with Crippen molar-refractivity contribution >= 4 is 28.7 Å². The first-order valence-electron chi connectivity index (χ1n) is 6.30. The largest absolute Gasteiger partial charge is 0.465 e. The van der Waals surface area contributed by atoms with Gasteiger partial charge in [0.05, 0.1) is 11.8 Å². The minimum atomic E-state index is -0.311.